The highest BCUT2D eigenvalue weighted by atomic mass is 35.5. The van der Waals surface area contributed by atoms with Crippen LogP contribution in [0.5, 0.6) is 0 Å². The molecule has 2 aromatic rings. The molecule has 0 spiro atoms. The summed E-state index contributed by atoms with van der Waals surface area (Å²) in [7, 11) is 0. The van der Waals surface area contributed by atoms with Gasteiger partial charge in [-0.15, -0.1) is 0 Å². The summed E-state index contributed by atoms with van der Waals surface area (Å²) in [6, 6.07) is 6.01. The molecular formula is C22H28Cl2N2O. The van der Waals surface area contributed by atoms with Gasteiger partial charge < -0.3 is 9.42 Å². The van der Waals surface area contributed by atoms with Crippen molar-refractivity contribution in [1.29, 1.82) is 0 Å². The van der Waals surface area contributed by atoms with E-state index in [-0.39, 0.29) is 0 Å². The normalized spacial score (nSPS) is 19.0. The van der Waals surface area contributed by atoms with Crippen LogP contribution in [0, 0.1) is 0 Å². The zero-order valence-electron chi connectivity index (χ0n) is 15.9. The van der Waals surface area contributed by atoms with Crippen LogP contribution in [-0.4, -0.2) is 29.7 Å². The lowest BCUT2D eigenvalue weighted by Crippen LogP contribution is -2.34. The van der Waals surface area contributed by atoms with E-state index in [0.29, 0.717) is 10.9 Å². The second-order valence-electron chi connectivity index (χ2n) is 7.95. The number of hydrogen-bond donors (Lipinski definition) is 0. The van der Waals surface area contributed by atoms with Crippen LogP contribution in [0.15, 0.2) is 22.7 Å². The van der Waals surface area contributed by atoms with Crippen molar-refractivity contribution < 1.29 is 4.52 Å². The van der Waals surface area contributed by atoms with Gasteiger partial charge >= 0.3 is 0 Å². The number of fused-ring (bicyclic) bond motifs is 1. The molecule has 1 aromatic heterocycles. The van der Waals surface area contributed by atoms with Gasteiger partial charge in [-0.2, -0.15) is 0 Å². The Morgan fingerprint density at radius 3 is 2.74 bits per heavy atom. The number of aromatic nitrogens is 1. The van der Waals surface area contributed by atoms with Crippen molar-refractivity contribution in [3.8, 4) is 0 Å². The summed E-state index contributed by atoms with van der Waals surface area (Å²) in [5.74, 6) is 1.67. The van der Waals surface area contributed by atoms with Crippen molar-refractivity contribution in [2.75, 3.05) is 19.6 Å². The minimum absolute atomic E-state index is 0.525. The monoisotopic (exact) mass is 406 g/mol. The third-order valence-electron chi connectivity index (χ3n) is 6.18. The van der Waals surface area contributed by atoms with E-state index in [9.17, 15) is 0 Å². The van der Waals surface area contributed by atoms with Crippen molar-refractivity contribution in [3.05, 3.63) is 50.8 Å². The maximum atomic E-state index is 6.41. The lowest BCUT2D eigenvalue weighted by molar-refractivity contribution is 0.208. The SMILES string of the molecule is Clc1cccc(C2CCN(CCCc3onc4c3CCCCC4)CC2)c1Cl. The van der Waals surface area contributed by atoms with E-state index in [4.69, 9.17) is 27.7 Å². The fraction of sp³-hybridized carbons (Fsp3) is 0.591. The van der Waals surface area contributed by atoms with Gasteiger partial charge in [0, 0.05) is 12.0 Å². The molecule has 1 saturated heterocycles. The number of hydrogen-bond acceptors (Lipinski definition) is 3. The van der Waals surface area contributed by atoms with Gasteiger partial charge in [-0.3, -0.25) is 0 Å². The number of benzene rings is 1. The van der Waals surface area contributed by atoms with E-state index in [1.165, 1.54) is 36.1 Å². The van der Waals surface area contributed by atoms with Crippen LogP contribution in [0.4, 0.5) is 0 Å². The Balaban J connectivity index is 1.26. The minimum atomic E-state index is 0.525. The molecule has 0 N–H and O–H groups in total. The maximum Gasteiger partial charge on any atom is 0.140 e. The molecule has 1 aliphatic carbocycles. The van der Waals surface area contributed by atoms with Crippen LogP contribution >= 0.6 is 23.2 Å². The predicted molar refractivity (Wildman–Crippen MR) is 111 cm³/mol. The highest BCUT2D eigenvalue weighted by Gasteiger charge is 2.23. The first-order chi connectivity index (χ1) is 13.2. The van der Waals surface area contributed by atoms with Crippen LogP contribution < -0.4 is 0 Å². The Kier molecular flexibility index (Phi) is 6.42. The lowest BCUT2D eigenvalue weighted by Gasteiger charge is -2.32. The number of halogens is 2. The van der Waals surface area contributed by atoms with Crippen molar-refractivity contribution >= 4 is 23.2 Å². The molecule has 0 amide bonds. The van der Waals surface area contributed by atoms with Gasteiger partial charge in [0.1, 0.15) is 5.76 Å². The third kappa shape index (κ3) is 4.52. The average Bonchev–Trinajstić information content (AvgIpc) is 2.91. The Labute approximate surface area is 172 Å². The second kappa shape index (κ2) is 8.98. The molecule has 0 bridgehead atoms. The average molecular weight is 407 g/mol. The Morgan fingerprint density at radius 2 is 1.89 bits per heavy atom. The minimum Gasteiger partial charge on any atom is -0.361 e. The molecule has 0 atom stereocenters. The molecule has 1 aromatic carbocycles. The summed E-state index contributed by atoms with van der Waals surface area (Å²) in [6.07, 6.45) is 10.6. The molecule has 146 valence electrons. The highest BCUT2D eigenvalue weighted by Crippen LogP contribution is 2.36. The molecule has 4 rings (SSSR count). The molecule has 3 nitrogen and oxygen atoms in total. The summed E-state index contributed by atoms with van der Waals surface area (Å²) < 4.78 is 5.67. The first-order valence-corrected chi connectivity index (χ1v) is 11.1. The van der Waals surface area contributed by atoms with Crippen LogP contribution in [0.3, 0.4) is 0 Å². The fourth-order valence-corrected chi connectivity index (χ4v) is 5.06. The fourth-order valence-electron chi connectivity index (χ4n) is 4.60. The topological polar surface area (TPSA) is 29.3 Å². The van der Waals surface area contributed by atoms with E-state index >= 15 is 0 Å². The lowest BCUT2D eigenvalue weighted by atomic mass is 9.89. The Morgan fingerprint density at radius 1 is 1.07 bits per heavy atom. The van der Waals surface area contributed by atoms with Crippen molar-refractivity contribution in [2.45, 2.75) is 63.7 Å². The molecule has 27 heavy (non-hydrogen) atoms. The number of rotatable bonds is 5. The number of piperidine rings is 1. The van der Waals surface area contributed by atoms with Gasteiger partial charge in [-0.25, -0.2) is 0 Å². The highest BCUT2D eigenvalue weighted by molar-refractivity contribution is 6.42. The van der Waals surface area contributed by atoms with E-state index in [1.807, 2.05) is 12.1 Å². The van der Waals surface area contributed by atoms with Gasteiger partial charge in [0.2, 0.25) is 0 Å². The predicted octanol–water partition coefficient (Wildman–Crippen LogP) is 6.06. The summed E-state index contributed by atoms with van der Waals surface area (Å²) in [4.78, 5) is 2.57. The van der Waals surface area contributed by atoms with Gasteiger partial charge in [-0.05, 0) is 82.1 Å². The molecule has 0 unspecified atom stereocenters. The van der Waals surface area contributed by atoms with E-state index < -0.39 is 0 Å². The Hall–Kier alpha value is -1.03. The van der Waals surface area contributed by atoms with E-state index in [0.717, 1.165) is 68.9 Å². The van der Waals surface area contributed by atoms with Crippen molar-refractivity contribution in [1.82, 2.24) is 10.1 Å². The second-order valence-corrected chi connectivity index (χ2v) is 8.74. The standard InChI is InChI=1S/C22H28Cl2N2O/c23-19-8-4-7-17(22(19)24)16-11-14-26(15-12-16)13-5-10-21-18-6-2-1-3-9-20(18)25-27-21/h4,7-8,16H,1-3,5-6,9-15H2. The van der Waals surface area contributed by atoms with Crippen molar-refractivity contribution in [3.63, 3.8) is 0 Å². The van der Waals surface area contributed by atoms with Crippen LogP contribution in [0.1, 0.15) is 67.0 Å². The zero-order valence-corrected chi connectivity index (χ0v) is 17.4. The Bertz CT molecular complexity index is 766. The van der Waals surface area contributed by atoms with Crippen LogP contribution in [0.25, 0.3) is 0 Å². The van der Waals surface area contributed by atoms with Gasteiger partial charge in [0.15, 0.2) is 0 Å². The molecule has 2 heterocycles. The number of aryl methyl sites for hydroxylation is 2. The van der Waals surface area contributed by atoms with Gasteiger partial charge in [0.25, 0.3) is 0 Å². The van der Waals surface area contributed by atoms with Crippen LogP contribution in [-0.2, 0) is 19.3 Å². The summed E-state index contributed by atoms with van der Waals surface area (Å²) in [6.45, 7) is 3.38. The van der Waals surface area contributed by atoms with Crippen molar-refractivity contribution in [2.24, 2.45) is 0 Å². The zero-order chi connectivity index (χ0) is 18.6. The van der Waals surface area contributed by atoms with E-state index in [1.54, 1.807) is 0 Å². The smallest absolute Gasteiger partial charge is 0.140 e. The number of likely N-dealkylation sites (tertiary alicyclic amines) is 1. The summed E-state index contributed by atoms with van der Waals surface area (Å²) in [5, 5.41) is 5.74. The molecule has 0 saturated carbocycles. The molecule has 1 fully saturated rings. The molecular weight excluding hydrogens is 379 g/mol. The quantitative estimate of drug-likeness (QED) is 0.564. The summed E-state index contributed by atoms with van der Waals surface area (Å²) in [5.41, 5.74) is 3.86. The van der Waals surface area contributed by atoms with Gasteiger partial charge in [0.05, 0.1) is 15.7 Å². The molecule has 5 heteroatoms. The van der Waals surface area contributed by atoms with Crippen LogP contribution in [0.2, 0.25) is 10.0 Å². The van der Waals surface area contributed by atoms with E-state index in [2.05, 4.69) is 16.1 Å². The largest absolute Gasteiger partial charge is 0.361 e. The molecule has 2 aliphatic rings. The first-order valence-electron chi connectivity index (χ1n) is 10.3. The first kappa shape index (κ1) is 19.3. The number of nitrogens with zero attached hydrogens (tertiary/aromatic N) is 2. The van der Waals surface area contributed by atoms with Gasteiger partial charge in [-0.1, -0.05) is 46.9 Å². The molecule has 1 aliphatic heterocycles. The maximum absolute atomic E-state index is 6.41. The third-order valence-corrected chi connectivity index (χ3v) is 7.01. The summed E-state index contributed by atoms with van der Waals surface area (Å²) >= 11 is 12.6. The molecule has 0 radical (unpaired) electrons.